The molecule has 1 atom stereocenters. The van der Waals surface area contributed by atoms with E-state index in [-0.39, 0.29) is 5.91 Å². The summed E-state index contributed by atoms with van der Waals surface area (Å²) in [6.45, 7) is 2.12. The average molecular weight is 355 g/mol. The first-order valence-electron chi connectivity index (χ1n) is 8.83. The van der Waals surface area contributed by atoms with Gasteiger partial charge in [0.25, 0.3) is 5.91 Å². The van der Waals surface area contributed by atoms with E-state index in [1.54, 1.807) is 36.4 Å². The van der Waals surface area contributed by atoms with Crippen LogP contribution in [-0.4, -0.2) is 24.1 Å². The second kappa shape index (κ2) is 9.73. The molecule has 2 aromatic carbocycles. The number of hydrogen-bond acceptors (Lipinski definition) is 4. The van der Waals surface area contributed by atoms with Gasteiger partial charge < -0.3 is 15.2 Å². The number of amides is 1. The van der Waals surface area contributed by atoms with Crippen LogP contribution in [0, 0.1) is 0 Å². The first-order chi connectivity index (χ1) is 12.5. The molecule has 1 unspecified atom stereocenters. The van der Waals surface area contributed by atoms with Crippen LogP contribution in [0.1, 0.15) is 65.0 Å². The Morgan fingerprint density at radius 3 is 2.54 bits per heavy atom. The maximum absolute atomic E-state index is 12.4. The topological polar surface area (TPSA) is 75.6 Å². The predicted octanol–water partition coefficient (Wildman–Crippen LogP) is 4.34. The fourth-order valence-corrected chi connectivity index (χ4v) is 2.69. The molecular weight excluding hydrogens is 330 g/mol. The predicted molar refractivity (Wildman–Crippen MR) is 101 cm³/mol. The third-order valence-corrected chi connectivity index (χ3v) is 4.16. The van der Waals surface area contributed by atoms with Crippen molar-refractivity contribution in [2.24, 2.45) is 0 Å². The molecule has 0 saturated carbocycles. The molecule has 5 heteroatoms. The van der Waals surface area contributed by atoms with Crippen LogP contribution in [0.4, 0.5) is 5.69 Å². The maximum Gasteiger partial charge on any atom is 0.337 e. The van der Waals surface area contributed by atoms with Crippen molar-refractivity contribution in [3.63, 3.8) is 0 Å². The van der Waals surface area contributed by atoms with Gasteiger partial charge in [-0.15, -0.1) is 0 Å². The van der Waals surface area contributed by atoms with Crippen molar-refractivity contribution in [3.8, 4) is 0 Å². The summed E-state index contributed by atoms with van der Waals surface area (Å²) in [4.78, 5) is 24.0. The first kappa shape index (κ1) is 19.7. The van der Waals surface area contributed by atoms with Crippen molar-refractivity contribution in [3.05, 3.63) is 65.2 Å². The SMILES string of the molecule is CCCCCC(O)c1cccc(NC(=O)c2cccc(C(=O)OC)c2)c1. The van der Waals surface area contributed by atoms with Crippen molar-refractivity contribution in [1.82, 2.24) is 0 Å². The molecule has 0 aromatic heterocycles. The largest absolute Gasteiger partial charge is 0.465 e. The van der Waals surface area contributed by atoms with E-state index in [4.69, 9.17) is 0 Å². The molecule has 1 amide bonds. The van der Waals surface area contributed by atoms with Gasteiger partial charge >= 0.3 is 5.97 Å². The Morgan fingerprint density at radius 1 is 1.08 bits per heavy atom. The molecule has 0 aliphatic carbocycles. The highest BCUT2D eigenvalue weighted by Gasteiger charge is 2.12. The lowest BCUT2D eigenvalue weighted by Gasteiger charge is -2.13. The number of ether oxygens (including phenoxy) is 1. The van der Waals surface area contributed by atoms with Crippen LogP contribution in [-0.2, 0) is 4.74 Å². The van der Waals surface area contributed by atoms with Gasteiger partial charge in [-0.05, 0) is 42.3 Å². The van der Waals surface area contributed by atoms with E-state index in [0.717, 1.165) is 24.8 Å². The Kier molecular flexibility index (Phi) is 7.36. The molecule has 138 valence electrons. The summed E-state index contributed by atoms with van der Waals surface area (Å²) >= 11 is 0. The number of aliphatic hydroxyl groups excluding tert-OH is 1. The number of methoxy groups -OCH3 is 1. The second-order valence-electron chi connectivity index (χ2n) is 6.16. The van der Waals surface area contributed by atoms with E-state index in [1.165, 1.54) is 13.2 Å². The molecule has 2 aromatic rings. The van der Waals surface area contributed by atoms with Crippen LogP contribution in [0.5, 0.6) is 0 Å². The summed E-state index contributed by atoms with van der Waals surface area (Å²) in [5.41, 5.74) is 2.06. The number of unbranched alkanes of at least 4 members (excludes halogenated alkanes) is 2. The highest BCUT2D eigenvalue weighted by molar-refractivity contribution is 6.05. The van der Waals surface area contributed by atoms with Gasteiger partial charge in [-0.1, -0.05) is 44.4 Å². The minimum absolute atomic E-state index is 0.320. The summed E-state index contributed by atoms with van der Waals surface area (Å²) in [5, 5.41) is 13.1. The molecule has 0 saturated heterocycles. The van der Waals surface area contributed by atoms with Crippen molar-refractivity contribution in [2.75, 3.05) is 12.4 Å². The van der Waals surface area contributed by atoms with Gasteiger partial charge in [0, 0.05) is 11.3 Å². The number of hydrogen-bond donors (Lipinski definition) is 2. The van der Waals surface area contributed by atoms with Gasteiger partial charge in [0.15, 0.2) is 0 Å². The van der Waals surface area contributed by atoms with E-state index in [2.05, 4.69) is 17.0 Å². The van der Waals surface area contributed by atoms with Gasteiger partial charge in [0.05, 0.1) is 18.8 Å². The van der Waals surface area contributed by atoms with Gasteiger partial charge in [-0.25, -0.2) is 4.79 Å². The van der Waals surface area contributed by atoms with Crippen molar-refractivity contribution in [2.45, 2.75) is 38.7 Å². The molecule has 0 bridgehead atoms. The van der Waals surface area contributed by atoms with Crippen LogP contribution in [0.3, 0.4) is 0 Å². The lowest BCUT2D eigenvalue weighted by atomic mass is 10.0. The monoisotopic (exact) mass is 355 g/mol. The zero-order valence-corrected chi connectivity index (χ0v) is 15.2. The van der Waals surface area contributed by atoms with Crippen LogP contribution < -0.4 is 5.32 Å². The Hall–Kier alpha value is -2.66. The molecule has 0 heterocycles. The smallest absolute Gasteiger partial charge is 0.337 e. The lowest BCUT2D eigenvalue weighted by molar-refractivity contribution is 0.0600. The Morgan fingerprint density at radius 2 is 1.81 bits per heavy atom. The molecule has 0 radical (unpaired) electrons. The summed E-state index contributed by atoms with van der Waals surface area (Å²) < 4.78 is 4.67. The van der Waals surface area contributed by atoms with E-state index in [9.17, 15) is 14.7 Å². The fraction of sp³-hybridized carbons (Fsp3) is 0.333. The molecule has 2 N–H and O–H groups in total. The Balaban J connectivity index is 2.07. The van der Waals surface area contributed by atoms with Crippen LogP contribution in [0.15, 0.2) is 48.5 Å². The molecule has 2 rings (SSSR count). The number of benzene rings is 2. The normalized spacial score (nSPS) is 11.7. The van der Waals surface area contributed by atoms with Gasteiger partial charge in [-0.2, -0.15) is 0 Å². The van der Waals surface area contributed by atoms with E-state index >= 15 is 0 Å². The molecule has 0 fully saturated rings. The highest BCUT2D eigenvalue weighted by atomic mass is 16.5. The lowest BCUT2D eigenvalue weighted by Crippen LogP contribution is -2.13. The minimum Gasteiger partial charge on any atom is -0.465 e. The number of esters is 1. The summed E-state index contributed by atoms with van der Waals surface area (Å²) in [6.07, 6.45) is 3.32. The molecule has 0 spiro atoms. The zero-order chi connectivity index (χ0) is 18.9. The molecule has 0 aliphatic rings. The van der Waals surface area contributed by atoms with Crippen LogP contribution in [0.2, 0.25) is 0 Å². The standard InChI is InChI=1S/C21H25NO4/c1-3-4-5-12-19(23)15-8-7-11-18(14-15)22-20(24)16-9-6-10-17(13-16)21(25)26-2/h6-11,13-14,19,23H,3-5,12H2,1-2H3,(H,22,24). The molecule has 26 heavy (non-hydrogen) atoms. The second-order valence-corrected chi connectivity index (χ2v) is 6.16. The highest BCUT2D eigenvalue weighted by Crippen LogP contribution is 2.23. The number of rotatable bonds is 8. The minimum atomic E-state index is -0.541. The van der Waals surface area contributed by atoms with Crippen molar-refractivity contribution >= 4 is 17.6 Å². The molecule has 5 nitrogen and oxygen atoms in total. The third-order valence-electron chi connectivity index (χ3n) is 4.16. The number of carbonyl (C=O) groups is 2. The van der Waals surface area contributed by atoms with Crippen molar-refractivity contribution in [1.29, 1.82) is 0 Å². The molecular formula is C21H25NO4. The Bertz CT molecular complexity index is 757. The first-order valence-corrected chi connectivity index (χ1v) is 8.83. The van der Waals surface area contributed by atoms with Gasteiger partial charge in [-0.3, -0.25) is 4.79 Å². The number of nitrogens with one attached hydrogen (secondary N) is 1. The number of aliphatic hydroxyl groups is 1. The molecule has 0 aliphatic heterocycles. The van der Waals surface area contributed by atoms with Gasteiger partial charge in [0.1, 0.15) is 0 Å². The van der Waals surface area contributed by atoms with Gasteiger partial charge in [0.2, 0.25) is 0 Å². The van der Waals surface area contributed by atoms with E-state index < -0.39 is 12.1 Å². The summed E-state index contributed by atoms with van der Waals surface area (Å²) in [5.74, 6) is -0.815. The third kappa shape index (κ3) is 5.43. The van der Waals surface area contributed by atoms with Crippen LogP contribution in [0.25, 0.3) is 0 Å². The summed E-state index contributed by atoms with van der Waals surface area (Å²) in [6, 6.07) is 13.5. The average Bonchev–Trinajstić information content (AvgIpc) is 2.67. The van der Waals surface area contributed by atoms with Crippen LogP contribution >= 0.6 is 0 Å². The fourth-order valence-electron chi connectivity index (χ4n) is 2.69. The van der Waals surface area contributed by atoms with E-state index in [1.807, 2.05) is 6.07 Å². The maximum atomic E-state index is 12.4. The van der Waals surface area contributed by atoms with Crippen molar-refractivity contribution < 1.29 is 19.4 Å². The quantitative estimate of drug-likeness (QED) is 0.545. The summed E-state index contributed by atoms with van der Waals surface area (Å²) in [7, 11) is 1.30. The zero-order valence-electron chi connectivity index (χ0n) is 15.2. The number of carbonyl (C=O) groups excluding carboxylic acids is 2. The Labute approximate surface area is 154 Å². The number of anilines is 1. The van der Waals surface area contributed by atoms with E-state index in [0.29, 0.717) is 23.2 Å².